The average molecular weight is 552 g/mol. The number of nitrogens with zero attached hydrogens (tertiary/aromatic N) is 3. The molecule has 1 aliphatic rings. The van der Waals surface area contributed by atoms with E-state index in [9.17, 15) is 19.1 Å². The zero-order chi connectivity index (χ0) is 26.8. The van der Waals surface area contributed by atoms with Gasteiger partial charge in [0.05, 0.1) is 22.8 Å². The van der Waals surface area contributed by atoms with Crippen LogP contribution in [-0.4, -0.2) is 44.8 Å². The summed E-state index contributed by atoms with van der Waals surface area (Å²) in [6.45, 7) is 0.892. The number of hydrogen-bond acceptors (Lipinski definition) is 3. The van der Waals surface area contributed by atoms with Gasteiger partial charge >= 0.3 is 5.97 Å². The van der Waals surface area contributed by atoms with Crippen LogP contribution in [0.3, 0.4) is 0 Å². The number of amides is 1. The maximum Gasteiger partial charge on any atom is 0.307 e. The predicted octanol–water partition coefficient (Wildman–Crippen LogP) is 6.63. The Kier molecular flexibility index (Phi) is 7.49. The van der Waals surface area contributed by atoms with Crippen LogP contribution >= 0.6 is 23.2 Å². The average Bonchev–Trinajstić information content (AvgIpc) is 3.27. The first-order valence-corrected chi connectivity index (χ1v) is 13.0. The first-order valence-electron chi connectivity index (χ1n) is 12.2. The van der Waals surface area contributed by atoms with Crippen molar-refractivity contribution in [2.24, 2.45) is 0 Å². The van der Waals surface area contributed by atoms with E-state index in [0.29, 0.717) is 58.5 Å². The van der Waals surface area contributed by atoms with Crippen LogP contribution < -0.4 is 0 Å². The number of halogens is 3. The Morgan fingerprint density at radius 3 is 2.34 bits per heavy atom. The molecule has 0 unspecified atom stereocenters. The molecule has 6 nitrogen and oxygen atoms in total. The molecule has 0 saturated carbocycles. The molecule has 194 valence electrons. The van der Waals surface area contributed by atoms with Gasteiger partial charge in [-0.05, 0) is 60.7 Å². The Morgan fingerprint density at radius 2 is 1.68 bits per heavy atom. The molecule has 1 saturated heterocycles. The number of carbonyl (C=O) groups excluding carboxylic acids is 1. The molecular formula is C29H24Cl2FN3O3. The standard InChI is InChI=1S/C29H24Cl2FN3O3/c30-21-10-8-19(9-11-21)28-23(17-26(36)37)27(33-35(28)25-7-2-1-6-24(25)31)29(38)34-14-12-18(13-15-34)20-4-3-5-22(32)16-20/h1-11,16,18H,12-15,17H2,(H,36,37). The van der Waals surface area contributed by atoms with Gasteiger partial charge in [0.15, 0.2) is 5.69 Å². The third-order valence-electron chi connectivity index (χ3n) is 6.81. The third-order valence-corrected chi connectivity index (χ3v) is 7.39. The summed E-state index contributed by atoms with van der Waals surface area (Å²) < 4.78 is 15.3. The fraction of sp³-hybridized carbons (Fsp3) is 0.207. The van der Waals surface area contributed by atoms with Crippen molar-refractivity contribution >= 4 is 35.1 Å². The minimum atomic E-state index is -1.09. The fourth-order valence-electron chi connectivity index (χ4n) is 4.97. The summed E-state index contributed by atoms with van der Waals surface area (Å²) in [5.41, 5.74) is 2.93. The first kappa shape index (κ1) is 25.9. The number of carbonyl (C=O) groups is 2. The molecule has 1 aromatic heterocycles. The fourth-order valence-corrected chi connectivity index (χ4v) is 5.31. The van der Waals surface area contributed by atoms with E-state index in [1.807, 2.05) is 6.07 Å². The molecule has 0 bridgehead atoms. The molecule has 5 rings (SSSR count). The lowest BCUT2D eigenvalue weighted by atomic mass is 9.89. The van der Waals surface area contributed by atoms with Crippen LogP contribution in [-0.2, 0) is 11.2 Å². The van der Waals surface area contributed by atoms with E-state index in [1.165, 1.54) is 16.8 Å². The van der Waals surface area contributed by atoms with Crippen molar-refractivity contribution in [1.82, 2.24) is 14.7 Å². The number of aliphatic carboxylic acids is 1. The summed E-state index contributed by atoms with van der Waals surface area (Å²) in [7, 11) is 0. The number of carboxylic acids is 1. The number of hydrogen-bond donors (Lipinski definition) is 1. The molecule has 38 heavy (non-hydrogen) atoms. The van der Waals surface area contributed by atoms with Crippen LogP contribution in [0.2, 0.25) is 10.0 Å². The normalized spacial score (nSPS) is 14.0. The van der Waals surface area contributed by atoms with Crippen LogP contribution in [0.25, 0.3) is 16.9 Å². The van der Waals surface area contributed by atoms with Gasteiger partial charge in [0.25, 0.3) is 5.91 Å². The van der Waals surface area contributed by atoms with Gasteiger partial charge in [0.1, 0.15) is 5.82 Å². The van der Waals surface area contributed by atoms with Gasteiger partial charge < -0.3 is 10.0 Å². The van der Waals surface area contributed by atoms with Gasteiger partial charge in [-0.15, -0.1) is 0 Å². The molecule has 2 heterocycles. The summed E-state index contributed by atoms with van der Waals surface area (Å²) in [5, 5.41) is 15.4. The third kappa shape index (κ3) is 5.30. The summed E-state index contributed by atoms with van der Waals surface area (Å²) >= 11 is 12.6. The van der Waals surface area contributed by atoms with Gasteiger partial charge in [0, 0.05) is 29.2 Å². The number of piperidine rings is 1. The smallest absolute Gasteiger partial charge is 0.307 e. The molecule has 0 radical (unpaired) electrons. The molecule has 0 spiro atoms. The molecular weight excluding hydrogens is 528 g/mol. The summed E-state index contributed by atoms with van der Waals surface area (Å²) in [6.07, 6.45) is 0.931. The lowest BCUT2D eigenvalue weighted by Crippen LogP contribution is -2.38. The van der Waals surface area contributed by atoms with Crippen LogP contribution in [0, 0.1) is 5.82 Å². The van der Waals surface area contributed by atoms with Crippen molar-refractivity contribution in [3.8, 4) is 16.9 Å². The summed E-state index contributed by atoms with van der Waals surface area (Å²) in [6, 6.07) is 20.5. The quantitative estimate of drug-likeness (QED) is 0.291. The van der Waals surface area contributed by atoms with E-state index in [2.05, 4.69) is 5.10 Å². The van der Waals surface area contributed by atoms with Gasteiger partial charge in [0.2, 0.25) is 0 Å². The first-order chi connectivity index (χ1) is 18.3. The Balaban J connectivity index is 1.55. The van der Waals surface area contributed by atoms with Crippen molar-refractivity contribution in [2.75, 3.05) is 13.1 Å². The van der Waals surface area contributed by atoms with E-state index < -0.39 is 12.4 Å². The second-order valence-corrected chi connectivity index (χ2v) is 10.1. The molecule has 1 fully saturated rings. The van der Waals surface area contributed by atoms with E-state index >= 15 is 0 Å². The molecule has 1 aliphatic heterocycles. The van der Waals surface area contributed by atoms with Gasteiger partial charge in [-0.2, -0.15) is 5.10 Å². The minimum absolute atomic E-state index is 0.0708. The van der Waals surface area contributed by atoms with E-state index in [0.717, 1.165) is 5.56 Å². The van der Waals surface area contributed by atoms with E-state index in [4.69, 9.17) is 23.2 Å². The highest BCUT2D eigenvalue weighted by molar-refractivity contribution is 6.32. The highest BCUT2D eigenvalue weighted by Crippen LogP contribution is 2.35. The van der Waals surface area contributed by atoms with Crippen molar-refractivity contribution < 1.29 is 19.1 Å². The lowest BCUT2D eigenvalue weighted by Gasteiger charge is -2.32. The molecule has 9 heteroatoms. The molecule has 1 amide bonds. The highest BCUT2D eigenvalue weighted by Gasteiger charge is 2.32. The van der Waals surface area contributed by atoms with Gasteiger partial charge in [-0.3, -0.25) is 9.59 Å². The summed E-state index contributed by atoms with van der Waals surface area (Å²) in [4.78, 5) is 27.5. The van der Waals surface area contributed by atoms with Gasteiger partial charge in [-0.25, -0.2) is 9.07 Å². The zero-order valence-electron chi connectivity index (χ0n) is 20.3. The number of likely N-dealkylation sites (tertiary alicyclic amines) is 1. The molecule has 1 N–H and O–H groups in total. The predicted molar refractivity (Wildman–Crippen MR) is 145 cm³/mol. The zero-order valence-corrected chi connectivity index (χ0v) is 21.8. The second kappa shape index (κ2) is 11.0. The van der Waals surface area contributed by atoms with Crippen LogP contribution in [0.15, 0.2) is 72.8 Å². The largest absolute Gasteiger partial charge is 0.481 e. The maximum absolute atomic E-state index is 13.8. The molecule has 0 atom stereocenters. The number of aromatic nitrogens is 2. The monoisotopic (exact) mass is 551 g/mol. The topological polar surface area (TPSA) is 75.4 Å². The van der Waals surface area contributed by atoms with Crippen molar-refractivity contribution in [3.05, 3.63) is 105 Å². The summed E-state index contributed by atoms with van der Waals surface area (Å²) in [5.74, 6) is -1.57. The number of rotatable bonds is 6. The van der Waals surface area contributed by atoms with Crippen LogP contribution in [0.5, 0.6) is 0 Å². The Bertz CT molecular complexity index is 1500. The molecule has 3 aromatic carbocycles. The Hall–Kier alpha value is -3.68. The SMILES string of the molecule is O=C(O)Cc1c(C(=O)N2CCC(c3cccc(F)c3)CC2)nn(-c2ccccc2Cl)c1-c1ccc(Cl)cc1. The lowest BCUT2D eigenvalue weighted by molar-refractivity contribution is -0.136. The highest BCUT2D eigenvalue weighted by atomic mass is 35.5. The van der Waals surface area contributed by atoms with E-state index in [1.54, 1.807) is 59.5 Å². The molecule has 4 aromatic rings. The maximum atomic E-state index is 13.8. The van der Waals surface area contributed by atoms with Crippen LogP contribution in [0.4, 0.5) is 4.39 Å². The number of benzene rings is 3. The number of para-hydroxylation sites is 1. The Labute approximate surface area is 229 Å². The second-order valence-electron chi connectivity index (χ2n) is 9.24. The van der Waals surface area contributed by atoms with Crippen molar-refractivity contribution in [2.45, 2.75) is 25.2 Å². The molecule has 0 aliphatic carbocycles. The van der Waals surface area contributed by atoms with Crippen molar-refractivity contribution in [3.63, 3.8) is 0 Å². The van der Waals surface area contributed by atoms with Crippen LogP contribution in [0.1, 0.15) is 40.4 Å². The Morgan fingerprint density at radius 1 is 0.974 bits per heavy atom. The van der Waals surface area contributed by atoms with Gasteiger partial charge in [-0.1, -0.05) is 59.6 Å². The minimum Gasteiger partial charge on any atom is -0.481 e. The van der Waals surface area contributed by atoms with Crippen molar-refractivity contribution in [1.29, 1.82) is 0 Å². The number of carboxylic acid groups (broad SMARTS) is 1. The van der Waals surface area contributed by atoms with E-state index in [-0.39, 0.29) is 23.3 Å².